The Morgan fingerprint density at radius 3 is 2.78 bits per heavy atom. The third-order valence-electron chi connectivity index (χ3n) is 2.70. The van der Waals surface area contributed by atoms with Crippen LogP contribution in [0.2, 0.25) is 0 Å². The van der Waals surface area contributed by atoms with Gasteiger partial charge in [0.05, 0.1) is 6.54 Å². The SMILES string of the molecule is CCn1cnnc1CNc1nccn(CC)c1=O. The maximum absolute atomic E-state index is 11.9. The van der Waals surface area contributed by atoms with Gasteiger partial charge in [-0.3, -0.25) is 4.79 Å². The van der Waals surface area contributed by atoms with Gasteiger partial charge in [-0.05, 0) is 13.8 Å². The molecule has 0 aliphatic carbocycles. The normalized spacial score (nSPS) is 10.6. The van der Waals surface area contributed by atoms with Crippen molar-refractivity contribution >= 4 is 5.82 Å². The lowest BCUT2D eigenvalue weighted by Crippen LogP contribution is -2.24. The molecule has 2 aromatic heterocycles. The molecule has 0 bridgehead atoms. The second-order valence-corrected chi connectivity index (χ2v) is 3.75. The monoisotopic (exact) mass is 248 g/mol. The van der Waals surface area contributed by atoms with Crippen LogP contribution in [0, 0.1) is 0 Å². The maximum Gasteiger partial charge on any atom is 0.293 e. The van der Waals surface area contributed by atoms with Gasteiger partial charge in [0.1, 0.15) is 6.33 Å². The predicted molar refractivity (Wildman–Crippen MR) is 67.2 cm³/mol. The Hall–Kier alpha value is -2.18. The van der Waals surface area contributed by atoms with E-state index >= 15 is 0 Å². The zero-order valence-electron chi connectivity index (χ0n) is 10.5. The van der Waals surface area contributed by atoms with Gasteiger partial charge in [0.2, 0.25) is 0 Å². The fraction of sp³-hybridized carbons (Fsp3) is 0.455. The summed E-state index contributed by atoms with van der Waals surface area (Å²) in [5, 5.41) is 10.8. The lowest BCUT2D eigenvalue weighted by molar-refractivity contribution is 0.699. The summed E-state index contributed by atoms with van der Waals surface area (Å²) in [5.41, 5.74) is -0.123. The first-order valence-electron chi connectivity index (χ1n) is 5.92. The molecule has 0 aromatic carbocycles. The molecular formula is C11H16N6O. The first kappa shape index (κ1) is 12.3. The molecule has 0 radical (unpaired) electrons. The quantitative estimate of drug-likeness (QED) is 0.833. The summed E-state index contributed by atoms with van der Waals surface area (Å²) in [6, 6.07) is 0. The fourth-order valence-corrected chi connectivity index (χ4v) is 1.66. The van der Waals surface area contributed by atoms with Crippen molar-refractivity contribution in [1.82, 2.24) is 24.3 Å². The van der Waals surface area contributed by atoms with Gasteiger partial charge < -0.3 is 14.5 Å². The fourth-order valence-electron chi connectivity index (χ4n) is 1.66. The number of nitrogens with zero attached hydrogens (tertiary/aromatic N) is 5. The molecule has 0 spiro atoms. The van der Waals surface area contributed by atoms with Crippen molar-refractivity contribution in [3.63, 3.8) is 0 Å². The summed E-state index contributed by atoms with van der Waals surface area (Å²) in [7, 11) is 0. The number of aromatic nitrogens is 5. The highest BCUT2D eigenvalue weighted by atomic mass is 16.1. The van der Waals surface area contributed by atoms with E-state index in [2.05, 4.69) is 20.5 Å². The number of aryl methyl sites for hydroxylation is 2. The Kier molecular flexibility index (Phi) is 3.71. The third-order valence-corrected chi connectivity index (χ3v) is 2.70. The first-order chi connectivity index (χ1) is 8.76. The lowest BCUT2D eigenvalue weighted by atomic mass is 10.5. The van der Waals surface area contributed by atoms with Crippen molar-refractivity contribution in [2.24, 2.45) is 0 Å². The summed E-state index contributed by atoms with van der Waals surface area (Å²) in [6.45, 7) is 5.78. The highest BCUT2D eigenvalue weighted by molar-refractivity contribution is 5.30. The van der Waals surface area contributed by atoms with Gasteiger partial charge in [0.25, 0.3) is 5.56 Å². The number of rotatable bonds is 5. The average molecular weight is 248 g/mol. The van der Waals surface area contributed by atoms with Crippen LogP contribution in [0.5, 0.6) is 0 Å². The molecule has 0 saturated carbocycles. The van der Waals surface area contributed by atoms with Crippen molar-refractivity contribution in [2.75, 3.05) is 5.32 Å². The van der Waals surface area contributed by atoms with Crippen LogP contribution in [-0.4, -0.2) is 24.3 Å². The Morgan fingerprint density at radius 2 is 2.06 bits per heavy atom. The standard InChI is InChI=1S/C11H16N6O/c1-3-16-6-5-12-10(11(16)18)13-7-9-15-14-8-17(9)4-2/h5-6,8H,3-4,7H2,1-2H3,(H,12,13). The number of nitrogens with one attached hydrogen (secondary N) is 1. The highest BCUT2D eigenvalue weighted by Gasteiger charge is 2.06. The van der Waals surface area contributed by atoms with Crippen LogP contribution in [0.15, 0.2) is 23.5 Å². The maximum atomic E-state index is 11.9. The van der Waals surface area contributed by atoms with E-state index in [1.54, 1.807) is 23.3 Å². The molecular weight excluding hydrogens is 232 g/mol. The molecule has 0 saturated heterocycles. The molecule has 18 heavy (non-hydrogen) atoms. The molecule has 96 valence electrons. The zero-order valence-corrected chi connectivity index (χ0v) is 10.5. The van der Waals surface area contributed by atoms with E-state index in [0.717, 1.165) is 12.4 Å². The topological polar surface area (TPSA) is 77.6 Å². The van der Waals surface area contributed by atoms with Gasteiger partial charge in [-0.25, -0.2) is 4.98 Å². The van der Waals surface area contributed by atoms with Crippen molar-refractivity contribution < 1.29 is 0 Å². The Morgan fingerprint density at radius 1 is 1.28 bits per heavy atom. The summed E-state index contributed by atoms with van der Waals surface area (Å²) >= 11 is 0. The number of anilines is 1. The first-order valence-corrected chi connectivity index (χ1v) is 5.92. The zero-order chi connectivity index (χ0) is 13.0. The molecule has 0 fully saturated rings. The molecule has 2 heterocycles. The smallest absolute Gasteiger partial charge is 0.293 e. The van der Waals surface area contributed by atoms with E-state index in [1.165, 1.54) is 0 Å². The van der Waals surface area contributed by atoms with E-state index < -0.39 is 0 Å². The van der Waals surface area contributed by atoms with E-state index in [9.17, 15) is 4.79 Å². The van der Waals surface area contributed by atoms with Gasteiger partial charge >= 0.3 is 0 Å². The molecule has 0 aliphatic heterocycles. The lowest BCUT2D eigenvalue weighted by Gasteiger charge is -2.07. The van der Waals surface area contributed by atoms with Crippen LogP contribution < -0.4 is 10.9 Å². The van der Waals surface area contributed by atoms with E-state index in [0.29, 0.717) is 18.9 Å². The Balaban J connectivity index is 2.14. The average Bonchev–Trinajstić information content (AvgIpc) is 2.85. The van der Waals surface area contributed by atoms with Crippen LogP contribution in [0.4, 0.5) is 5.82 Å². The number of hydrogen-bond acceptors (Lipinski definition) is 5. The second kappa shape index (κ2) is 5.44. The Bertz CT molecular complexity index is 573. The summed E-state index contributed by atoms with van der Waals surface area (Å²) in [6.07, 6.45) is 4.94. The molecule has 2 aromatic rings. The van der Waals surface area contributed by atoms with Crippen molar-refractivity contribution in [3.8, 4) is 0 Å². The van der Waals surface area contributed by atoms with Crippen LogP contribution in [0.25, 0.3) is 0 Å². The molecule has 7 heteroatoms. The Labute approximate surface area is 105 Å². The van der Waals surface area contributed by atoms with E-state index in [-0.39, 0.29) is 5.56 Å². The van der Waals surface area contributed by atoms with Crippen LogP contribution in [0.3, 0.4) is 0 Å². The van der Waals surface area contributed by atoms with Gasteiger partial charge in [-0.2, -0.15) is 0 Å². The van der Waals surface area contributed by atoms with Crippen molar-refractivity contribution in [2.45, 2.75) is 33.5 Å². The van der Waals surface area contributed by atoms with Crippen LogP contribution >= 0.6 is 0 Å². The van der Waals surface area contributed by atoms with Crippen molar-refractivity contribution in [1.29, 1.82) is 0 Å². The summed E-state index contributed by atoms with van der Waals surface area (Å²) in [4.78, 5) is 15.9. The van der Waals surface area contributed by atoms with Gasteiger partial charge in [0, 0.05) is 25.5 Å². The van der Waals surface area contributed by atoms with Gasteiger partial charge in [-0.15, -0.1) is 10.2 Å². The van der Waals surface area contributed by atoms with Crippen molar-refractivity contribution in [3.05, 3.63) is 34.9 Å². The van der Waals surface area contributed by atoms with E-state index in [4.69, 9.17) is 0 Å². The molecule has 0 atom stereocenters. The van der Waals surface area contributed by atoms with E-state index in [1.807, 2.05) is 18.4 Å². The second-order valence-electron chi connectivity index (χ2n) is 3.75. The summed E-state index contributed by atoms with van der Waals surface area (Å²) < 4.78 is 3.51. The number of hydrogen-bond donors (Lipinski definition) is 1. The molecule has 1 N–H and O–H groups in total. The van der Waals surface area contributed by atoms with Gasteiger partial charge in [-0.1, -0.05) is 0 Å². The minimum Gasteiger partial charge on any atom is -0.358 e. The largest absolute Gasteiger partial charge is 0.358 e. The molecule has 0 aliphatic rings. The predicted octanol–water partition coefficient (Wildman–Crippen LogP) is 0.487. The van der Waals surface area contributed by atoms with Crippen LogP contribution in [0.1, 0.15) is 19.7 Å². The molecule has 0 amide bonds. The van der Waals surface area contributed by atoms with Gasteiger partial charge in [0.15, 0.2) is 11.6 Å². The summed E-state index contributed by atoms with van der Waals surface area (Å²) in [5.74, 6) is 1.12. The molecule has 2 rings (SSSR count). The minimum atomic E-state index is -0.123. The highest BCUT2D eigenvalue weighted by Crippen LogP contribution is 1.99. The third kappa shape index (κ3) is 2.39. The molecule has 0 unspecified atom stereocenters. The minimum absolute atomic E-state index is 0.123. The molecule has 7 nitrogen and oxygen atoms in total. The van der Waals surface area contributed by atoms with Crippen LogP contribution in [-0.2, 0) is 19.6 Å².